The van der Waals surface area contributed by atoms with Crippen LogP contribution < -0.4 is 5.32 Å². The summed E-state index contributed by atoms with van der Waals surface area (Å²) in [6, 6.07) is 9.56. The summed E-state index contributed by atoms with van der Waals surface area (Å²) in [5, 5.41) is 12.1. The Morgan fingerprint density at radius 3 is 2.53 bits per heavy atom. The summed E-state index contributed by atoms with van der Waals surface area (Å²) in [5.41, 5.74) is 0. The predicted molar refractivity (Wildman–Crippen MR) is 76.6 cm³/mol. The molecule has 0 aliphatic rings. The molecule has 6 heteroatoms. The third-order valence-electron chi connectivity index (χ3n) is 2.19. The molecule has 1 rings (SSSR count). The van der Waals surface area contributed by atoms with Crippen LogP contribution in [0.5, 0.6) is 0 Å². The van der Waals surface area contributed by atoms with Crippen LogP contribution in [0.15, 0.2) is 45.2 Å². The van der Waals surface area contributed by atoms with Crippen molar-refractivity contribution in [1.29, 1.82) is 5.26 Å². The van der Waals surface area contributed by atoms with E-state index in [2.05, 4.69) is 11.2 Å². The molecule has 0 spiro atoms. The van der Waals surface area contributed by atoms with E-state index >= 15 is 0 Å². The highest BCUT2D eigenvalue weighted by molar-refractivity contribution is 8.04. The summed E-state index contributed by atoms with van der Waals surface area (Å²) >= 11 is 1.14. The Balaban J connectivity index is 3.34. The maximum Gasteiger partial charge on any atom is 0.219 e. The summed E-state index contributed by atoms with van der Waals surface area (Å²) < 4.78 is 24.7. The molecule has 4 nitrogen and oxygen atoms in total. The summed E-state index contributed by atoms with van der Waals surface area (Å²) in [4.78, 5) is -0.234. The maximum absolute atomic E-state index is 12.3. The van der Waals surface area contributed by atoms with Crippen LogP contribution >= 0.6 is 11.8 Å². The van der Waals surface area contributed by atoms with Gasteiger partial charge in [0.2, 0.25) is 9.84 Å². The molecule has 0 bridgehead atoms. The first kappa shape index (κ1) is 15.2. The number of sulfone groups is 1. The van der Waals surface area contributed by atoms with Gasteiger partial charge >= 0.3 is 0 Å². The number of nitrogens with one attached hydrogen (secondary N) is 1. The lowest BCUT2D eigenvalue weighted by atomic mass is 10.4. The van der Waals surface area contributed by atoms with Gasteiger partial charge < -0.3 is 5.32 Å². The molecule has 0 amide bonds. The second-order valence-electron chi connectivity index (χ2n) is 3.35. The normalized spacial score (nSPS) is 11.9. The van der Waals surface area contributed by atoms with E-state index < -0.39 is 9.84 Å². The van der Waals surface area contributed by atoms with Crippen molar-refractivity contribution in [1.82, 2.24) is 5.32 Å². The number of hydrogen-bond acceptors (Lipinski definition) is 5. The van der Waals surface area contributed by atoms with E-state index in [9.17, 15) is 8.42 Å². The minimum absolute atomic E-state index is 0.0839. The lowest BCUT2D eigenvalue weighted by Crippen LogP contribution is -2.16. The van der Waals surface area contributed by atoms with Crippen molar-refractivity contribution in [2.24, 2.45) is 0 Å². The van der Waals surface area contributed by atoms with E-state index in [1.165, 1.54) is 12.1 Å². The molecule has 0 aliphatic heterocycles. The molecule has 1 aromatic rings. The first-order valence-electron chi connectivity index (χ1n) is 5.23. The fourth-order valence-corrected chi connectivity index (χ4v) is 3.54. The average molecular weight is 292 g/mol. The topological polar surface area (TPSA) is 70.0 Å². The highest BCUT2D eigenvalue weighted by atomic mass is 32.2. The van der Waals surface area contributed by atoms with Crippen LogP contribution in [-0.4, -0.2) is 21.2 Å². The van der Waals surface area contributed by atoms with Gasteiger partial charge in [-0.25, -0.2) is 8.42 Å². The van der Waals surface area contributed by atoms with Crippen LogP contribution in [0.1, 0.15) is 0 Å². The molecule has 0 fully saturated rings. The fraction of sp³-hybridized carbons (Fsp3) is 0.154. The number of terminal acetylenes is 1. The van der Waals surface area contributed by atoms with Gasteiger partial charge in [-0.2, -0.15) is 5.26 Å². The Morgan fingerprint density at radius 1 is 1.42 bits per heavy atom. The molecule has 0 heterocycles. The molecule has 98 valence electrons. The number of nitrogens with zero attached hydrogens (tertiary/aromatic N) is 1. The molecule has 1 N–H and O–H groups in total. The predicted octanol–water partition coefficient (Wildman–Crippen LogP) is 1.74. The highest BCUT2D eigenvalue weighted by Gasteiger charge is 2.24. The molecule has 0 unspecified atom stereocenters. The molecule has 0 saturated carbocycles. The van der Waals surface area contributed by atoms with Crippen molar-refractivity contribution < 1.29 is 8.42 Å². The average Bonchev–Trinajstić information content (AvgIpc) is 2.44. The third-order valence-corrected chi connectivity index (χ3v) is 4.80. The monoisotopic (exact) mass is 292 g/mol. The quantitative estimate of drug-likeness (QED) is 0.661. The lowest BCUT2D eigenvalue weighted by molar-refractivity contribution is 0.602. The van der Waals surface area contributed by atoms with E-state index in [1.54, 1.807) is 30.5 Å². The molecule has 0 atom stereocenters. The number of hydrogen-bond donors (Lipinski definition) is 1. The van der Waals surface area contributed by atoms with Crippen LogP contribution in [0.4, 0.5) is 0 Å². The molecule has 19 heavy (non-hydrogen) atoms. The summed E-state index contributed by atoms with van der Waals surface area (Å²) in [5.74, 6) is 2.34. The molecular formula is C13H12N2O2S2. The number of nitriles is 1. The lowest BCUT2D eigenvalue weighted by Gasteiger charge is -2.09. The first-order valence-corrected chi connectivity index (χ1v) is 7.94. The van der Waals surface area contributed by atoms with E-state index in [-0.39, 0.29) is 21.4 Å². The van der Waals surface area contributed by atoms with E-state index in [0.29, 0.717) is 0 Å². The zero-order valence-electron chi connectivity index (χ0n) is 10.3. The Morgan fingerprint density at radius 2 is 2.05 bits per heavy atom. The van der Waals surface area contributed by atoms with Crippen LogP contribution in [0, 0.1) is 23.7 Å². The molecule has 1 aromatic carbocycles. The van der Waals surface area contributed by atoms with Crippen LogP contribution in [-0.2, 0) is 9.84 Å². The Bertz CT molecular complexity index is 650. The SMILES string of the molecule is C#CCNC(SC)=C(C#N)S(=O)(=O)c1ccccc1. The van der Waals surface area contributed by atoms with Gasteiger partial charge in [-0.1, -0.05) is 24.1 Å². The van der Waals surface area contributed by atoms with Gasteiger partial charge in [0, 0.05) is 0 Å². The van der Waals surface area contributed by atoms with E-state index in [0.717, 1.165) is 11.8 Å². The number of allylic oxidation sites excluding steroid dienone is 1. The molecular weight excluding hydrogens is 280 g/mol. The molecule has 0 saturated heterocycles. The van der Waals surface area contributed by atoms with Gasteiger partial charge in [0.05, 0.1) is 16.5 Å². The smallest absolute Gasteiger partial charge is 0.219 e. The highest BCUT2D eigenvalue weighted by Crippen LogP contribution is 2.24. The van der Waals surface area contributed by atoms with Crippen molar-refractivity contribution in [3.05, 3.63) is 40.3 Å². The van der Waals surface area contributed by atoms with Gasteiger partial charge in [0.1, 0.15) is 6.07 Å². The number of rotatable bonds is 5. The zero-order chi connectivity index (χ0) is 14.3. The summed E-state index contributed by atoms with van der Waals surface area (Å²) in [7, 11) is -3.83. The standard InChI is InChI=1S/C13H12N2O2S2/c1-3-9-15-13(18-2)12(10-14)19(16,17)11-7-5-4-6-8-11/h1,4-8,15H,9H2,2H3. The van der Waals surface area contributed by atoms with Gasteiger partial charge in [0.25, 0.3) is 0 Å². The van der Waals surface area contributed by atoms with Crippen molar-refractivity contribution in [2.45, 2.75) is 4.90 Å². The molecule has 0 aliphatic carbocycles. The van der Waals surface area contributed by atoms with Gasteiger partial charge in [0.15, 0.2) is 4.91 Å². The fourth-order valence-electron chi connectivity index (χ4n) is 1.33. The Hall–Kier alpha value is -1.89. The minimum atomic E-state index is -3.83. The maximum atomic E-state index is 12.3. The molecule has 0 radical (unpaired) electrons. The second kappa shape index (κ2) is 6.89. The first-order chi connectivity index (χ1) is 9.07. The van der Waals surface area contributed by atoms with Gasteiger partial charge in [-0.3, -0.25) is 0 Å². The van der Waals surface area contributed by atoms with Crippen molar-refractivity contribution in [3.8, 4) is 18.4 Å². The van der Waals surface area contributed by atoms with Gasteiger partial charge in [-0.05, 0) is 18.4 Å². The summed E-state index contributed by atoms with van der Waals surface area (Å²) in [6.07, 6.45) is 6.79. The number of benzene rings is 1. The molecule has 0 aromatic heterocycles. The van der Waals surface area contributed by atoms with Gasteiger partial charge in [-0.15, -0.1) is 18.2 Å². The van der Waals surface area contributed by atoms with Crippen molar-refractivity contribution in [3.63, 3.8) is 0 Å². The Labute approximate surface area is 117 Å². The Kier molecular flexibility index (Phi) is 5.50. The number of thioether (sulfide) groups is 1. The van der Waals surface area contributed by atoms with Crippen molar-refractivity contribution >= 4 is 21.6 Å². The minimum Gasteiger partial charge on any atom is -0.367 e. The second-order valence-corrected chi connectivity index (χ2v) is 6.05. The largest absolute Gasteiger partial charge is 0.367 e. The summed E-state index contributed by atoms with van der Waals surface area (Å²) in [6.45, 7) is 0.158. The van der Waals surface area contributed by atoms with E-state index in [4.69, 9.17) is 11.7 Å². The van der Waals surface area contributed by atoms with Crippen LogP contribution in [0.3, 0.4) is 0 Å². The van der Waals surface area contributed by atoms with Crippen LogP contribution in [0.25, 0.3) is 0 Å². The van der Waals surface area contributed by atoms with Crippen LogP contribution in [0.2, 0.25) is 0 Å². The third kappa shape index (κ3) is 3.54. The zero-order valence-corrected chi connectivity index (χ0v) is 11.9. The van der Waals surface area contributed by atoms with Crippen molar-refractivity contribution in [2.75, 3.05) is 12.8 Å². The van der Waals surface area contributed by atoms with E-state index in [1.807, 2.05) is 0 Å².